The Kier molecular flexibility index (Phi) is 7.04. The first kappa shape index (κ1) is 16.5. The van der Waals surface area contributed by atoms with Gasteiger partial charge in [0.15, 0.2) is 0 Å². The fourth-order valence-corrected chi connectivity index (χ4v) is 1.94. The Morgan fingerprint density at radius 2 is 1.85 bits per heavy atom. The molecule has 0 bridgehead atoms. The molecule has 0 heterocycles. The van der Waals surface area contributed by atoms with Crippen LogP contribution in [0, 0.1) is 0 Å². The number of halogens is 1. The van der Waals surface area contributed by atoms with Crippen molar-refractivity contribution in [2.24, 2.45) is 11.5 Å². The average molecular weight is 298 g/mol. The number of anilines is 1. The fourth-order valence-electron chi connectivity index (χ4n) is 1.77. The number of benzene rings is 1. The van der Waals surface area contributed by atoms with Gasteiger partial charge in [-0.25, -0.2) is 0 Å². The zero-order chi connectivity index (χ0) is 15.0. The standard InChI is InChI=1S/C14H20ClN3O2/c15-11-7-6-10(14(17)20)9-12(11)18-13(19)5-3-1-2-4-8-16/h6-7,9H,1-5,8,16H2,(H2,17,20)(H,18,19). The Balaban J connectivity index is 2.49. The van der Waals surface area contributed by atoms with Gasteiger partial charge in [-0.15, -0.1) is 0 Å². The SMILES string of the molecule is NCCCCCCC(=O)Nc1cc(C(N)=O)ccc1Cl. The molecule has 0 aliphatic carbocycles. The number of primary amides is 1. The fraction of sp³-hybridized carbons (Fsp3) is 0.429. The first-order valence-corrected chi connectivity index (χ1v) is 7.01. The summed E-state index contributed by atoms with van der Waals surface area (Å²) in [5, 5.41) is 3.07. The smallest absolute Gasteiger partial charge is 0.248 e. The molecule has 0 fully saturated rings. The van der Waals surface area contributed by atoms with Crippen LogP contribution in [0.3, 0.4) is 0 Å². The van der Waals surface area contributed by atoms with Gasteiger partial charge in [-0.2, -0.15) is 0 Å². The Morgan fingerprint density at radius 3 is 2.50 bits per heavy atom. The zero-order valence-corrected chi connectivity index (χ0v) is 12.1. The van der Waals surface area contributed by atoms with Crippen LogP contribution in [-0.4, -0.2) is 18.4 Å². The quantitative estimate of drug-likeness (QED) is 0.642. The number of hydrogen-bond acceptors (Lipinski definition) is 3. The van der Waals surface area contributed by atoms with Gasteiger partial charge in [-0.05, 0) is 37.6 Å². The number of carbonyl (C=O) groups excluding carboxylic acids is 2. The summed E-state index contributed by atoms with van der Waals surface area (Å²) in [6.07, 6.45) is 4.20. The molecule has 0 spiro atoms. The largest absolute Gasteiger partial charge is 0.366 e. The predicted octanol–water partition coefficient (Wildman–Crippen LogP) is 2.29. The van der Waals surface area contributed by atoms with Crippen LogP contribution in [0.15, 0.2) is 18.2 Å². The molecule has 1 rings (SSSR count). The lowest BCUT2D eigenvalue weighted by Crippen LogP contribution is -2.14. The van der Waals surface area contributed by atoms with E-state index in [1.807, 2.05) is 0 Å². The Hall–Kier alpha value is -1.59. The molecule has 1 aromatic carbocycles. The van der Waals surface area contributed by atoms with Gasteiger partial charge in [0, 0.05) is 12.0 Å². The van der Waals surface area contributed by atoms with Gasteiger partial charge in [0.05, 0.1) is 10.7 Å². The number of hydrogen-bond donors (Lipinski definition) is 3. The summed E-state index contributed by atoms with van der Waals surface area (Å²) in [5.74, 6) is -0.680. The lowest BCUT2D eigenvalue weighted by molar-refractivity contribution is -0.116. The summed E-state index contributed by atoms with van der Waals surface area (Å²) < 4.78 is 0. The molecule has 110 valence electrons. The maximum absolute atomic E-state index is 11.8. The monoisotopic (exact) mass is 297 g/mol. The second-order valence-corrected chi connectivity index (χ2v) is 4.97. The number of carbonyl (C=O) groups is 2. The van der Waals surface area contributed by atoms with Crippen molar-refractivity contribution in [2.75, 3.05) is 11.9 Å². The van der Waals surface area contributed by atoms with E-state index in [4.69, 9.17) is 23.1 Å². The summed E-state index contributed by atoms with van der Waals surface area (Å²) in [4.78, 5) is 22.8. The van der Waals surface area contributed by atoms with Crippen LogP contribution in [0.4, 0.5) is 5.69 Å². The van der Waals surface area contributed by atoms with Crippen molar-refractivity contribution in [1.82, 2.24) is 0 Å². The molecule has 0 saturated heterocycles. The van der Waals surface area contributed by atoms with E-state index < -0.39 is 5.91 Å². The maximum Gasteiger partial charge on any atom is 0.248 e. The van der Waals surface area contributed by atoms with Crippen molar-refractivity contribution < 1.29 is 9.59 Å². The number of nitrogens with one attached hydrogen (secondary N) is 1. The van der Waals surface area contributed by atoms with Crippen LogP contribution in [0.1, 0.15) is 42.5 Å². The molecule has 0 aromatic heterocycles. The topological polar surface area (TPSA) is 98.2 Å². The summed E-state index contributed by atoms with van der Waals surface area (Å²) in [7, 11) is 0. The molecule has 1 aromatic rings. The van der Waals surface area contributed by atoms with E-state index in [0.717, 1.165) is 25.7 Å². The van der Waals surface area contributed by atoms with Crippen LogP contribution < -0.4 is 16.8 Å². The van der Waals surface area contributed by atoms with Gasteiger partial charge in [-0.1, -0.05) is 24.4 Å². The highest BCUT2D eigenvalue weighted by molar-refractivity contribution is 6.33. The summed E-state index contributed by atoms with van der Waals surface area (Å²) in [6.45, 7) is 0.682. The van der Waals surface area contributed by atoms with Crippen molar-refractivity contribution >= 4 is 29.1 Å². The number of nitrogens with two attached hydrogens (primary N) is 2. The summed E-state index contributed by atoms with van der Waals surface area (Å²) in [5.41, 5.74) is 11.3. The van der Waals surface area contributed by atoms with E-state index in [-0.39, 0.29) is 5.91 Å². The van der Waals surface area contributed by atoms with Crippen molar-refractivity contribution in [3.63, 3.8) is 0 Å². The van der Waals surface area contributed by atoms with Crippen LogP contribution >= 0.6 is 11.6 Å². The highest BCUT2D eigenvalue weighted by Crippen LogP contribution is 2.23. The molecule has 2 amide bonds. The van der Waals surface area contributed by atoms with Crippen molar-refractivity contribution in [2.45, 2.75) is 32.1 Å². The third kappa shape index (κ3) is 5.59. The molecular weight excluding hydrogens is 278 g/mol. The summed E-state index contributed by atoms with van der Waals surface area (Å²) >= 11 is 5.97. The Labute approximate surface area is 123 Å². The van der Waals surface area contributed by atoms with Crippen LogP contribution in [0.5, 0.6) is 0 Å². The third-order valence-electron chi connectivity index (χ3n) is 2.88. The van der Waals surface area contributed by atoms with E-state index in [0.29, 0.717) is 29.2 Å². The van der Waals surface area contributed by atoms with Gasteiger partial charge in [0.1, 0.15) is 0 Å². The second kappa shape index (κ2) is 8.55. The molecule has 20 heavy (non-hydrogen) atoms. The zero-order valence-electron chi connectivity index (χ0n) is 11.3. The van der Waals surface area contributed by atoms with E-state index in [1.165, 1.54) is 12.1 Å². The van der Waals surface area contributed by atoms with Crippen molar-refractivity contribution in [3.05, 3.63) is 28.8 Å². The maximum atomic E-state index is 11.8. The third-order valence-corrected chi connectivity index (χ3v) is 3.21. The van der Waals surface area contributed by atoms with Crippen LogP contribution in [0.25, 0.3) is 0 Å². The molecule has 0 atom stereocenters. The highest BCUT2D eigenvalue weighted by Gasteiger charge is 2.09. The molecule has 0 aliphatic heterocycles. The number of unbranched alkanes of at least 4 members (excludes halogenated alkanes) is 3. The van der Waals surface area contributed by atoms with Gasteiger partial charge >= 0.3 is 0 Å². The number of rotatable bonds is 8. The molecule has 5 N–H and O–H groups in total. The molecule has 0 radical (unpaired) electrons. The van der Waals surface area contributed by atoms with Crippen LogP contribution in [0.2, 0.25) is 5.02 Å². The first-order chi connectivity index (χ1) is 9.54. The van der Waals surface area contributed by atoms with Gasteiger partial charge < -0.3 is 16.8 Å². The highest BCUT2D eigenvalue weighted by atomic mass is 35.5. The van der Waals surface area contributed by atoms with E-state index >= 15 is 0 Å². The molecule has 6 heteroatoms. The lowest BCUT2D eigenvalue weighted by Gasteiger charge is -2.08. The normalized spacial score (nSPS) is 10.3. The molecule has 0 aliphatic rings. The molecular formula is C14H20ClN3O2. The van der Waals surface area contributed by atoms with Gasteiger partial charge in [-0.3, -0.25) is 9.59 Å². The Bertz CT molecular complexity index is 477. The molecule has 5 nitrogen and oxygen atoms in total. The molecule has 0 unspecified atom stereocenters. The minimum absolute atomic E-state index is 0.124. The predicted molar refractivity (Wildman–Crippen MR) is 80.7 cm³/mol. The Morgan fingerprint density at radius 1 is 1.15 bits per heavy atom. The molecule has 0 saturated carbocycles. The van der Waals surface area contributed by atoms with E-state index in [1.54, 1.807) is 6.07 Å². The summed E-state index contributed by atoms with van der Waals surface area (Å²) in [6, 6.07) is 4.54. The van der Waals surface area contributed by atoms with Crippen molar-refractivity contribution in [3.8, 4) is 0 Å². The van der Waals surface area contributed by atoms with Gasteiger partial charge in [0.25, 0.3) is 0 Å². The van der Waals surface area contributed by atoms with Crippen LogP contribution in [-0.2, 0) is 4.79 Å². The minimum Gasteiger partial charge on any atom is -0.366 e. The van der Waals surface area contributed by atoms with E-state index in [9.17, 15) is 9.59 Å². The number of amides is 2. The van der Waals surface area contributed by atoms with E-state index in [2.05, 4.69) is 5.32 Å². The minimum atomic E-state index is -0.557. The first-order valence-electron chi connectivity index (χ1n) is 6.64. The average Bonchev–Trinajstić information content (AvgIpc) is 2.40. The lowest BCUT2D eigenvalue weighted by atomic mass is 10.1. The second-order valence-electron chi connectivity index (χ2n) is 4.56. The van der Waals surface area contributed by atoms with Crippen molar-refractivity contribution in [1.29, 1.82) is 0 Å². The van der Waals surface area contributed by atoms with Gasteiger partial charge in [0.2, 0.25) is 11.8 Å².